The molecule has 2 atom stereocenters. The lowest BCUT2D eigenvalue weighted by Gasteiger charge is -2.15. The number of phosphoric acid groups is 1. The summed E-state index contributed by atoms with van der Waals surface area (Å²) in [4.78, 5) is 34.0. The van der Waals surface area contributed by atoms with Gasteiger partial charge in [0.1, 0.15) is 12.7 Å². The molecule has 0 aliphatic heterocycles. The molecule has 0 aliphatic carbocycles. The predicted octanol–water partition coefficient (Wildman–Crippen LogP) is 14.0. The highest BCUT2D eigenvalue weighted by molar-refractivity contribution is 7.47. The fourth-order valence-electron chi connectivity index (χ4n) is 6.20. The van der Waals surface area contributed by atoms with Crippen LogP contribution in [-0.4, -0.2) is 54.3 Å². The van der Waals surface area contributed by atoms with Gasteiger partial charge in [-0.15, -0.1) is 0 Å². The van der Waals surface area contributed by atoms with E-state index in [1.54, 1.807) is 0 Å². The summed E-state index contributed by atoms with van der Waals surface area (Å²) in [6, 6.07) is 0. The van der Waals surface area contributed by atoms with E-state index in [4.69, 9.17) is 13.8 Å². The van der Waals surface area contributed by atoms with Crippen LogP contribution in [0, 0.1) is 0 Å². The van der Waals surface area contributed by atoms with Crippen molar-refractivity contribution in [1.29, 1.82) is 0 Å². The first-order chi connectivity index (χ1) is 29.8. The summed E-state index contributed by atoms with van der Waals surface area (Å²) in [7, 11) is -4.43. The van der Waals surface area contributed by atoms with Crippen molar-refractivity contribution in [2.24, 2.45) is 0 Å². The van der Waals surface area contributed by atoms with E-state index in [9.17, 15) is 24.2 Å². The number of carbonyl (C=O) groups is 2. The second-order valence-corrected chi connectivity index (χ2v) is 17.1. The van der Waals surface area contributed by atoms with Crippen molar-refractivity contribution in [1.82, 2.24) is 5.32 Å². The first-order valence-electron chi connectivity index (χ1n) is 24.1. The average Bonchev–Trinajstić information content (AvgIpc) is 3.25. The van der Waals surface area contributed by atoms with Gasteiger partial charge in [0.25, 0.3) is 0 Å². The lowest BCUT2D eigenvalue weighted by atomic mass is 10.1. The van der Waals surface area contributed by atoms with Crippen LogP contribution in [-0.2, 0) is 27.9 Å². The topological polar surface area (TPSA) is 131 Å². The van der Waals surface area contributed by atoms with Crippen LogP contribution in [0.4, 0.5) is 0 Å². The number of carbonyl (C=O) groups excluding carboxylic acids is 2. The fourth-order valence-corrected chi connectivity index (χ4v) is 6.96. The number of hydrogen-bond donors (Lipinski definition) is 3. The Morgan fingerprint density at radius 3 is 1.41 bits per heavy atom. The largest absolute Gasteiger partial charge is 0.472 e. The molecule has 10 heteroatoms. The number of nitrogens with one attached hydrogen (secondary N) is 1. The summed E-state index contributed by atoms with van der Waals surface area (Å²) < 4.78 is 26.9. The van der Waals surface area contributed by atoms with Crippen LogP contribution in [0.25, 0.3) is 0 Å². The van der Waals surface area contributed by atoms with Gasteiger partial charge < -0.3 is 20.1 Å². The van der Waals surface area contributed by atoms with Crippen molar-refractivity contribution < 1.29 is 37.9 Å². The van der Waals surface area contributed by atoms with Gasteiger partial charge in [-0.2, -0.15) is 0 Å². The van der Waals surface area contributed by atoms with Crippen molar-refractivity contribution in [3.63, 3.8) is 0 Å². The van der Waals surface area contributed by atoms with Crippen LogP contribution in [0.2, 0.25) is 0 Å². The van der Waals surface area contributed by atoms with Gasteiger partial charge in [-0.05, 0) is 89.9 Å². The lowest BCUT2D eigenvalue weighted by Crippen LogP contribution is -2.27. The van der Waals surface area contributed by atoms with Gasteiger partial charge in [0.05, 0.1) is 13.2 Å². The van der Waals surface area contributed by atoms with Crippen LogP contribution in [0.15, 0.2) is 85.1 Å². The van der Waals surface area contributed by atoms with E-state index in [1.807, 2.05) is 0 Å². The molecule has 0 aromatic heterocycles. The van der Waals surface area contributed by atoms with Crippen LogP contribution in [0.3, 0.4) is 0 Å². The number of aliphatic hydroxyl groups is 1. The Balaban J connectivity index is 3.63. The highest BCUT2D eigenvalue weighted by atomic mass is 31.2. The summed E-state index contributed by atoms with van der Waals surface area (Å²) in [5.41, 5.74) is 0. The Hall–Kier alpha value is -2.81. The summed E-state index contributed by atoms with van der Waals surface area (Å²) in [6.45, 7) is 3.39. The predicted molar refractivity (Wildman–Crippen MR) is 256 cm³/mol. The molecule has 0 aromatic rings. The third-order valence-corrected chi connectivity index (χ3v) is 10.8. The maximum atomic E-state index is 12.1. The van der Waals surface area contributed by atoms with Crippen molar-refractivity contribution in [3.05, 3.63) is 85.1 Å². The molecule has 0 saturated carbocycles. The quantitative estimate of drug-likeness (QED) is 0.0239. The minimum atomic E-state index is -4.43. The van der Waals surface area contributed by atoms with Crippen LogP contribution >= 0.6 is 7.82 Å². The van der Waals surface area contributed by atoms with Crippen molar-refractivity contribution >= 4 is 19.7 Å². The molecular formula is C51H88NO8P. The zero-order valence-corrected chi connectivity index (χ0v) is 39.5. The maximum absolute atomic E-state index is 12.1. The van der Waals surface area contributed by atoms with E-state index < -0.39 is 26.5 Å². The Bertz CT molecular complexity index is 1270. The van der Waals surface area contributed by atoms with Gasteiger partial charge in [0.2, 0.25) is 5.91 Å². The van der Waals surface area contributed by atoms with Gasteiger partial charge in [0, 0.05) is 19.4 Å². The summed E-state index contributed by atoms with van der Waals surface area (Å²) in [6.07, 6.45) is 59.4. The number of unbranched alkanes of at least 4 members (excludes halogenated alkanes) is 17. The van der Waals surface area contributed by atoms with Crippen LogP contribution < -0.4 is 5.32 Å². The van der Waals surface area contributed by atoms with Crippen LogP contribution in [0.5, 0.6) is 0 Å². The summed E-state index contributed by atoms with van der Waals surface area (Å²) >= 11 is 0. The summed E-state index contributed by atoms with van der Waals surface area (Å²) in [5.74, 6) is -0.540. The van der Waals surface area contributed by atoms with E-state index in [0.717, 1.165) is 96.3 Å². The minimum Gasteiger partial charge on any atom is -0.463 e. The molecule has 9 nitrogen and oxygen atoms in total. The van der Waals surface area contributed by atoms with Gasteiger partial charge in [-0.25, -0.2) is 4.57 Å². The van der Waals surface area contributed by atoms with E-state index in [0.29, 0.717) is 6.42 Å². The molecule has 0 aromatic carbocycles. The van der Waals surface area contributed by atoms with Crippen LogP contribution in [0.1, 0.15) is 194 Å². The molecule has 0 rings (SSSR count). The number of rotatable bonds is 44. The van der Waals surface area contributed by atoms with Gasteiger partial charge in [0.15, 0.2) is 0 Å². The Kier molecular flexibility index (Phi) is 44.5. The summed E-state index contributed by atoms with van der Waals surface area (Å²) in [5, 5.41) is 12.7. The molecule has 3 N–H and O–H groups in total. The second kappa shape index (κ2) is 46.7. The fraction of sp³-hybridized carbons (Fsp3) is 0.686. The highest BCUT2D eigenvalue weighted by Gasteiger charge is 2.23. The number of aliphatic hydroxyl groups excluding tert-OH is 1. The lowest BCUT2D eigenvalue weighted by molar-refractivity contribution is -0.147. The standard InChI is InChI=1S/C51H88NO8P/c1-3-5-7-9-11-13-15-17-19-21-22-23-24-25-26-28-30-32-34-36-38-40-42-44-51(55)58-47-49(53)48-60-61(56,57)59-46-45-52-50(54)43-41-39-37-35-33-31-29-27-20-18-16-14-12-10-8-6-4-2/h5,7,11-14,17-20,22-23,25-26,49,53H,3-4,6,8-10,15-16,21,24,27-48H2,1-2H3,(H,52,54)(H,56,57)/b7-5-,13-11-,14-12-,19-17-,20-18-,23-22-,26-25-. The van der Waals surface area contributed by atoms with E-state index >= 15 is 0 Å². The zero-order chi connectivity index (χ0) is 44.6. The SMILES string of the molecule is CC/C=C\C/C=C\C/C=C\C/C=C\C/C=C\CCCCCCCCCC(=O)OCC(O)COP(=O)(O)OCCNC(=O)CCCCCCCCC/C=C\C/C=C\CCCCC. The molecule has 2 unspecified atom stereocenters. The molecule has 0 bridgehead atoms. The number of amides is 1. The molecule has 0 spiro atoms. The highest BCUT2D eigenvalue weighted by Crippen LogP contribution is 2.42. The van der Waals surface area contributed by atoms with Gasteiger partial charge in [-0.3, -0.25) is 18.6 Å². The molecule has 1 amide bonds. The molecule has 0 radical (unpaired) electrons. The minimum absolute atomic E-state index is 0.0718. The average molecular weight is 874 g/mol. The monoisotopic (exact) mass is 874 g/mol. The van der Waals surface area contributed by atoms with Crippen molar-refractivity contribution in [2.75, 3.05) is 26.4 Å². The normalized spacial score (nSPS) is 14.0. The Morgan fingerprint density at radius 2 is 0.934 bits per heavy atom. The molecular weight excluding hydrogens is 786 g/mol. The molecule has 0 heterocycles. The maximum Gasteiger partial charge on any atom is 0.472 e. The first kappa shape index (κ1) is 58.2. The van der Waals surface area contributed by atoms with E-state index in [-0.39, 0.29) is 32.1 Å². The molecule has 350 valence electrons. The first-order valence-corrected chi connectivity index (χ1v) is 25.6. The number of ether oxygens (including phenoxy) is 1. The Labute approximate surface area is 373 Å². The third kappa shape index (κ3) is 48.1. The number of esters is 1. The molecule has 0 fully saturated rings. The molecule has 0 saturated heterocycles. The van der Waals surface area contributed by atoms with E-state index in [2.05, 4.69) is 104 Å². The number of phosphoric ester groups is 1. The van der Waals surface area contributed by atoms with Gasteiger partial charge >= 0.3 is 13.8 Å². The van der Waals surface area contributed by atoms with Crippen molar-refractivity contribution in [2.45, 2.75) is 200 Å². The number of hydrogen-bond acceptors (Lipinski definition) is 7. The Morgan fingerprint density at radius 1 is 0.525 bits per heavy atom. The second-order valence-electron chi connectivity index (χ2n) is 15.7. The van der Waals surface area contributed by atoms with Crippen molar-refractivity contribution in [3.8, 4) is 0 Å². The number of allylic oxidation sites excluding steroid dienone is 14. The zero-order valence-electron chi connectivity index (χ0n) is 38.6. The third-order valence-electron chi connectivity index (χ3n) is 9.81. The molecule has 0 aliphatic rings. The smallest absolute Gasteiger partial charge is 0.463 e. The van der Waals surface area contributed by atoms with Gasteiger partial charge in [-0.1, -0.05) is 176 Å². The van der Waals surface area contributed by atoms with E-state index in [1.165, 1.54) is 70.6 Å². The molecule has 61 heavy (non-hydrogen) atoms.